The van der Waals surface area contributed by atoms with Crippen LogP contribution in [0.15, 0.2) is 192 Å². The molecule has 2 aromatic heterocycles. The SMILES string of the molecule is c1ccc(-c2ccc3ccccc3c2-c2nc(-c3ccc(-c4ccc5ccccc5c4)c4ccccc34)nc(-c3cccc4c3oc3ccccc34)n2)cc1. The van der Waals surface area contributed by atoms with Gasteiger partial charge in [0.25, 0.3) is 0 Å². The molecule has 0 bridgehead atoms. The van der Waals surface area contributed by atoms with Crippen LogP contribution in [0.25, 0.3) is 111 Å². The number of para-hydroxylation sites is 2. The Bertz CT molecular complexity index is 3270. The van der Waals surface area contributed by atoms with Crippen molar-refractivity contribution in [1.29, 1.82) is 0 Å². The van der Waals surface area contributed by atoms with E-state index in [4.69, 9.17) is 19.4 Å². The average molecular weight is 702 g/mol. The Morgan fingerprint density at radius 3 is 1.73 bits per heavy atom. The largest absolute Gasteiger partial charge is 0.455 e. The molecular weight excluding hydrogens is 671 g/mol. The van der Waals surface area contributed by atoms with E-state index in [0.717, 1.165) is 76.9 Å². The van der Waals surface area contributed by atoms with Gasteiger partial charge < -0.3 is 4.42 Å². The Hall–Kier alpha value is -7.43. The topological polar surface area (TPSA) is 51.8 Å². The lowest BCUT2D eigenvalue weighted by molar-refractivity contribution is 0.669. The van der Waals surface area contributed by atoms with Crippen LogP contribution in [0.1, 0.15) is 0 Å². The zero-order chi connectivity index (χ0) is 36.3. The molecule has 0 radical (unpaired) electrons. The third-order valence-electron chi connectivity index (χ3n) is 10.7. The number of nitrogens with zero attached hydrogens (tertiary/aromatic N) is 3. The molecule has 0 spiro atoms. The first kappa shape index (κ1) is 31.1. The monoisotopic (exact) mass is 701 g/mol. The molecule has 0 atom stereocenters. The van der Waals surface area contributed by atoms with Crippen LogP contribution in [0.4, 0.5) is 0 Å². The van der Waals surface area contributed by atoms with E-state index in [9.17, 15) is 0 Å². The van der Waals surface area contributed by atoms with Gasteiger partial charge in [-0.2, -0.15) is 0 Å². The molecule has 0 saturated heterocycles. The third-order valence-corrected chi connectivity index (χ3v) is 10.7. The highest BCUT2D eigenvalue weighted by Gasteiger charge is 2.22. The number of fused-ring (bicyclic) bond motifs is 6. The highest BCUT2D eigenvalue weighted by Crippen LogP contribution is 2.41. The molecule has 0 aliphatic carbocycles. The molecule has 256 valence electrons. The van der Waals surface area contributed by atoms with Crippen molar-refractivity contribution < 1.29 is 4.42 Å². The fourth-order valence-corrected chi connectivity index (χ4v) is 8.13. The molecule has 0 aliphatic rings. The summed E-state index contributed by atoms with van der Waals surface area (Å²) < 4.78 is 6.56. The van der Waals surface area contributed by atoms with Gasteiger partial charge in [-0.15, -0.1) is 0 Å². The fraction of sp³-hybridized carbons (Fsp3) is 0. The highest BCUT2D eigenvalue weighted by atomic mass is 16.3. The lowest BCUT2D eigenvalue weighted by Gasteiger charge is -2.16. The van der Waals surface area contributed by atoms with Crippen molar-refractivity contribution in [2.75, 3.05) is 0 Å². The molecule has 11 rings (SSSR count). The van der Waals surface area contributed by atoms with Crippen LogP contribution in [-0.4, -0.2) is 15.0 Å². The van der Waals surface area contributed by atoms with Crippen LogP contribution in [-0.2, 0) is 0 Å². The van der Waals surface area contributed by atoms with Crippen LogP contribution in [0, 0.1) is 0 Å². The maximum absolute atomic E-state index is 6.56. The molecule has 0 N–H and O–H groups in total. The number of hydrogen-bond donors (Lipinski definition) is 0. The molecule has 11 aromatic rings. The first-order valence-corrected chi connectivity index (χ1v) is 18.5. The molecule has 0 unspecified atom stereocenters. The Labute approximate surface area is 317 Å². The van der Waals surface area contributed by atoms with Crippen molar-refractivity contribution >= 4 is 54.3 Å². The first-order chi connectivity index (χ1) is 27.3. The van der Waals surface area contributed by atoms with Crippen molar-refractivity contribution in [3.05, 3.63) is 188 Å². The number of rotatable bonds is 5. The van der Waals surface area contributed by atoms with Crippen molar-refractivity contribution in [2.24, 2.45) is 0 Å². The summed E-state index contributed by atoms with van der Waals surface area (Å²) in [7, 11) is 0. The van der Waals surface area contributed by atoms with Gasteiger partial charge in [-0.3, -0.25) is 0 Å². The molecule has 9 aromatic carbocycles. The van der Waals surface area contributed by atoms with E-state index >= 15 is 0 Å². The molecule has 0 saturated carbocycles. The molecule has 0 amide bonds. The van der Waals surface area contributed by atoms with Crippen LogP contribution >= 0.6 is 0 Å². The molecule has 0 aliphatic heterocycles. The lowest BCUT2D eigenvalue weighted by Crippen LogP contribution is -2.02. The highest BCUT2D eigenvalue weighted by molar-refractivity contribution is 6.10. The van der Waals surface area contributed by atoms with E-state index < -0.39 is 0 Å². The summed E-state index contributed by atoms with van der Waals surface area (Å²) in [6, 6.07) is 65.8. The summed E-state index contributed by atoms with van der Waals surface area (Å²) in [6.07, 6.45) is 0. The normalized spacial score (nSPS) is 11.6. The maximum atomic E-state index is 6.56. The number of furan rings is 1. The zero-order valence-electron chi connectivity index (χ0n) is 29.6. The maximum Gasteiger partial charge on any atom is 0.167 e. The van der Waals surface area contributed by atoms with E-state index in [0.29, 0.717) is 17.5 Å². The van der Waals surface area contributed by atoms with E-state index in [-0.39, 0.29) is 0 Å². The Morgan fingerprint density at radius 1 is 0.309 bits per heavy atom. The molecule has 4 nitrogen and oxygen atoms in total. The van der Waals surface area contributed by atoms with Crippen molar-refractivity contribution in [3.8, 4) is 56.4 Å². The van der Waals surface area contributed by atoms with Crippen LogP contribution < -0.4 is 0 Å². The minimum absolute atomic E-state index is 0.555. The van der Waals surface area contributed by atoms with E-state index in [1.165, 1.54) is 16.3 Å². The molecule has 2 heterocycles. The summed E-state index contributed by atoms with van der Waals surface area (Å²) in [5, 5.41) is 8.91. The van der Waals surface area contributed by atoms with Crippen LogP contribution in [0.2, 0.25) is 0 Å². The number of hydrogen-bond acceptors (Lipinski definition) is 4. The summed E-state index contributed by atoms with van der Waals surface area (Å²) in [6.45, 7) is 0. The predicted molar refractivity (Wildman–Crippen MR) is 227 cm³/mol. The van der Waals surface area contributed by atoms with E-state index in [2.05, 4.69) is 164 Å². The second-order valence-corrected chi connectivity index (χ2v) is 13.9. The Morgan fingerprint density at radius 2 is 0.891 bits per heavy atom. The second-order valence-electron chi connectivity index (χ2n) is 13.9. The quantitative estimate of drug-likeness (QED) is 0.179. The molecule has 4 heteroatoms. The lowest BCUT2D eigenvalue weighted by atomic mass is 9.92. The van der Waals surface area contributed by atoms with Gasteiger partial charge in [-0.1, -0.05) is 164 Å². The van der Waals surface area contributed by atoms with Gasteiger partial charge in [-0.25, -0.2) is 15.0 Å². The van der Waals surface area contributed by atoms with Gasteiger partial charge in [0.2, 0.25) is 0 Å². The van der Waals surface area contributed by atoms with Crippen LogP contribution in [0.5, 0.6) is 0 Å². The Kier molecular flexibility index (Phi) is 7.14. The van der Waals surface area contributed by atoms with Gasteiger partial charge in [0.05, 0.1) is 5.56 Å². The fourth-order valence-electron chi connectivity index (χ4n) is 8.13. The van der Waals surface area contributed by atoms with Gasteiger partial charge in [0, 0.05) is 21.9 Å². The van der Waals surface area contributed by atoms with E-state index in [1.54, 1.807) is 0 Å². The minimum Gasteiger partial charge on any atom is -0.455 e. The standard InChI is InChI=1S/C51H31N3O/c1-2-14-33(15-3-1)39-28-27-34-16-6-7-18-38(34)47(39)51-53-49(52-50(54-51)45-23-12-22-43-42-21-10-11-24-46(42)55-48(43)45)44-30-29-37(40-19-8-9-20-41(40)44)36-26-25-32-13-4-5-17-35(32)31-36/h1-31H. The number of benzene rings is 9. The second kappa shape index (κ2) is 12.6. The summed E-state index contributed by atoms with van der Waals surface area (Å²) in [5.41, 5.74) is 8.77. The Balaban J connectivity index is 1.20. The van der Waals surface area contributed by atoms with E-state index in [1.807, 2.05) is 24.3 Å². The smallest absolute Gasteiger partial charge is 0.167 e. The van der Waals surface area contributed by atoms with Gasteiger partial charge in [0.15, 0.2) is 17.5 Å². The third kappa shape index (κ3) is 5.19. The number of aromatic nitrogens is 3. The summed E-state index contributed by atoms with van der Waals surface area (Å²) in [5.74, 6) is 1.76. The van der Waals surface area contributed by atoms with Crippen molar-refractivity contribution in [2.45, 2.75) is 0 Å². The van der Waals surface area contributed by atoms with Crippen molar-refractivity contribution in [3.63, 3.8) is 0 Å². The minimum atomic E-state index is 0.555. The molecular formula is C51H31N3O. The van der Waals surface area contributed by atoms with Crippen LogP contribution in [0.3, 0.4) is 0 Å². The zero-order valence-corrected chi connectivity index (χ0v) is 29.6. The summed E-state index contributed by atoms with van der Waals surface area (Å²) >= 11 is 0. The van der Waals surface area contributed by atoms with Crippen molar-refractivity contribution in [1.82, 2.24) is 15.0 Å². The molecule has 0 fully saturated rings. The van der Waals surface area contributed by atoms with Gasteiger partial charge in [-0.05, 0) is 78.8 Å². The summed E-state index contributed by atoms with van der Waals surface area (Å²) in [4.78, 5) is 16.1. The molecule has 55 heavy (non-hydrogen) atoms. The predicted octanol–water partition coefficient (Wildman–Crippen LogP) is 13.6. The average Bonchev–Trinajstić information content (AvgIpc) is 3.64. The first-order valence-electron chi connectivity index (χ1n) is 18.5. The van der Waals surface area contributed by atoms with Gasteiger partial charge >= 0.3 is 0 Å². The van der Waals surface area contributed by atoms with Gasteiger partial charge in [0.1, 0.15) is 11.2 Å².